The van der Waals surface area contributed by atoms with E-state index in [-0.39, 0.29) is 16.2 Å². The van der Waals surface area contributed by atoms with Crippen LogP contribution in [0.15, 0.2) is 40.6 Å². The zero-order valence-corrected chi connectivity index (χ0v) is 13.4. The minimum atomic E-state index is -3.72. The van der Waals surface area contributed by atoms with Gasteiger partial charge in [0.05, 0.1) is 16.6 Å². The Morgan fingerprint density at radius 2 is 1.95 bits per heavy atom. The van der Waals surface area contributed by atoms with Gasteiger partial charge in [-0.15, -0.1) is 11.3 Å². The van der Waals surface area contributed by atoms with Crippen LogP contribution in [0.2, 0.25) is 5.02 Å². The third-order valence-corrected chi connectivity index (χ3v) is 5.81. The van der Waals surface area contributed by atoms with Gasteiger partial charge in [-0.3, -0.25) is 4.79 Å². The van der Waals surface area contributed by atoms with Crippen molar-refractivity contribution >= 4 is 38.9 Å². The Labute approximate surface area is 131 Å². The van der Waals surface area contributed by atoms with Crippen LogP contribution in [0.5, 0.6) is 0 Å². The van der Waals surface area contributed by atoms with Gasteiger partial charge in [-0.1, -0.05) is 23.7 Å². The maximum atomic E-state index is 12.1. The van der Waals surface area contributed by atoms with Crippen molar-refractivity contribution in [2.45, 2.75) is 17.2 Å². The Morgan fingerprint density at radius 3 is 2.52 bits per heavy atom. The molecule has 0 saturated heterocycles. The number of primary sulfonamides is 1. The summed E-state index contributed by atoms with van der Waals surface area (Å²) in [4.78, 5) is 12.8. The highest BCUT2D eigenvalue weighted by Crippen LogP contribution is 2.26. The van der Waals surface area contributed by atoms with Crippen molar-refractivity contribution in [2.75, 3.05) is 0 Å². The molecular formula is C13H13ClN2O3S2. The Balaban J connectivity index is 2.15. The van der Waals surface area contributed by atoms with E-state index in [9.17, 15) is 13.2 Å². The van der Waals surface area contributed by atoms with E-state index in [2.05, 4.69) is 5.32 Å². The molecular weight excluding hydrogens is 332 g/mol. The van der Waals surface area contributed by atoms with Crippen LogP contribution in [0.25, 0.3) is 0 Å². The maximum absolute atomic E-state index is 12.1. The number of benzene rings is 1. The molecule has 1 aromatic carbocycles. The van der Waals surface area contributed by atoms with Crippen molar-refractivity contribution in [3.05, 3.63) is 51.9 Å². The lowest BCUT2D eigenvalue weighted by Gasteiger charge is -2.12. The van der Waals surface area contributed by atoms with Crippen molar-refractivity contribution < 1.29 is 13.2 Å². The summed E-state index contributed by atoms with van der Waals surface area (Å²) in [7, 11) is -3.72. The minimum Gasteiger partial charge on any atom is -0.345 e. The number of hydrogen-bond acceptors (Lipinski definition) is 4. The number of sulfonamides is 1. The number of carbonyl (C=O) groups is 1. The van der Waals surface area contributed by atoms with Gasteiger partial charge in [-0.2, -0.15) is 0 Å². The van der Waals surface area contributed by atoms with E-state index in [4.69, 9.17) is 16.7 Å². The molecule has 0 aliphatic carbocycles. The van der Waals surface area contributed by atoms with Gasteiger partial charge < -0.3 is 5.32 Å². The number of halogens is 1. The van der Waals surface area contributed by atoms with Crippen LogP contribution in [-0.4, -0.2) is 14.3 Å². The van der Waals surface area contributed by atoms with Crippen LogP contribution in [0, 0.1) is 0 Å². The highest BCUT2D eigenvalue weighted by Gasteiger charge is 2.17. The third-order valence-electron chi connectivity index (χ3n) is 2.78. The molecule has 3 N–H and O–H groups in total. The SMILES string of the molecule is CC(NC(=O)c1ccccc1Cl)c1ccc(S(N)(=O)=O)s1. The molecule has 2 aromatic rings. The first kappa shape index (κ1) is 16.0. The normalized spacial score (nSPS) is 12.9. The molecule has 1 heterocycles. The second-order valence-electron chi connectivity index (χ2n) is 4.38. The molecule has 112 valence electrons. The lowest BCUT2D eigenvalue weighted by molar-refractivity contribution is 0.0940. The number of hydrogen-bond donors (Lipinski definition) is 2. The predicted molar refractivity (Wildman–Crippen MR) is 83.0 cm³/mol. The van der Waals surface area contributed by atoms with Gasteiger partial charge in [-0.25, -0.2) is 13.6 Å². The molecule has 21 heavy (non-hydrogen) atoms. The highest BCUT2D eigenvalue weighted by atomic mass is 35.5. The fraction of sp³-hybridized carbons (Fsp3) is 0.154. The molecule has 0 aliphatic rings. The van der Waals surface area contributed by atoms with E-state index < -0.39 is 10.0 Å². The van der Waals surface area contributed by atoms with Crippen LogP contribution >= 0.6 is 22.9 Å². The summed E-state index contributed by atoms with van der Waals surface area (Å²) < 4.78 is 22.5. The number of nitrogens with one attached hydrogen (secondary N) is 1. The summed E-state index contributed by atoms with van der Waals surface area (Å²) in [6.45, 7) is 1.76. The van der Waals surface area contributed by atoms with Crippen LogP contribution in [0.4, 0.5) is 0 Å². The fourth-order valence-electron chi connectivity index (χ4n) is 1.71. The average Bonchev–Trinajstić information content (AvgIpc) is 2.88. The average molecular weight is 345 g/mol. The zero-order valence-electron chi connectivity index (χ0n) is 11.0. The second-order valence-corrected chi connectivity index (χ2v) is 7.69. The Kier molecular flexibility index (Phi) is 4.67. The number of thiophene rings is 1. The van der Waals surface area contributed by atoms with E-state index in [1.807, 2.05) is 0 Å². The molecule has 0 radical (unpaired) electrons. The molecule has 1 atom stereocenters. The molecule has 5 nitrogen and oxygen atoms in total. The first-order chi connectivity index (χ1) is 9.79. The van der Waals surface area contributed by atoms with Crippen LogP contribution in [0.1, 0.15) is 28.2 Å². The molecule has 0 spiro atoms. The van der Waals surface area contributed by atoms with Gasteiger partial charge >= 0.3 is 0 Å². The quantitative estimate of drug-likeness (QED) is 0.893. The lowest BCUT2D eigenvalue weighted by atomic mass is 10.2. The standard InChI is InChI=1S/C13H13ClN2O3S2/c1-8(11-6-7-12(20-11)21(15,18)19)16-13(17)9-4-2-3-5-10(9)14/h2-8H,1H3,(H,16,17)(H2,15,18,19). The van der Waals surface area contributed by atoms with Crippen molar-refractivity contribution in [1.29, 1.82) is 0 Å². The molecule has 0 aliphatic heterocycles. The first-order valence-electron chi connectivity index (χ1n) is 5.97. The maximum Gasteiger partial charge on any atom is 0.253 e. The van der Waals surface area contributed by atoms with Crippen molar-refractivity contribution in [1.82, 2.24) is 5.32 Å². The van der Waals surface area contributed by atoms with Gasteiger partial charge in [0.25, 0.3) is 5.91 Å². The number of rotatable bonds is 4. The lowest BCUT2D eigenvalue weighted by Crippen LogP contribution is -2.26. The molecule has 0 saturated carbocycles. The molecule has 1 amide bonds. The Bertz CT molecular complexity index is 771. The molecule has 8 heteroatoms. The van der Waals surface area contributed by atoms with Gasteiger partial charge in [-0.05, 0) is 31.2 Å². The first-order valence-corrected chi connectivity index (χ1v) is 8.71. The molecule has 0 fully saturated rings. The highest BCUT2D eigenvalue weighted by molar-refractivity contribution is 7.91. The monoisotopic (exact) mass is 344 g/mol. The van der Waals surface area contributed by atoms with Crippen LogP contribution < -0.4 is 10.5 Å². The number of nitrogens with two attached hydrogens (primary N) is 1. The van der Waals surface area contributed by atoms with E-state index in [0.717, 1.165) is 11.3 Å². The van der Waals surface area contributed by atoms with Gasteiger partial charge in [0, 0.05) is 4.88 Å². The van der Waals surface area contributed by atoms with Crippen molar-refractivity contribution in [2.24, 2.45) is 5.14 Å². The van der Waals surface area contributed by atoms with E-state index in [1.165, 1.54) is 6.07 Å². The molecule has 1 unspecified atom stereocenters. The van der Waals surface area contributed by atoms with Crippen LogP contribution in [0.3, 0.4) is 0 Å². The van der Waals surface area contributed by atoms with E-state index in [0.29, 0.717) is 15.5 Å². The third kappa shape index (κ3) is 3.82. The van der Waals surface area contributed by atoms with Crippen molar-refractivity contribution in [3.8, 4) is 0 Å². The Morgan fingerprint density at radius 1 is 1.29 bits per heavy atom. The summed E-state index contributed by atoms with van der Waals surface area (Å²) in [5.41, 5.74) is 0.370. The van der Waals surface area contributed by atoms with E-state index >= 15 is 0 Å². The minimum absolute atomic E-state index is 0.0661. The fourth-order valence-corrected chi connectivity index (χ4v) is 3.68. The topological polar surface area (TPSA) is 89.3 Å². The number of amides is 1. The summed E-state index contributed by atoms with van der Waals surface area (Å²) in [5, 5.41) is 8.19. The molecule has 2 rings (SSSR count). The molecule has 1 aromatic heterocycles. The van der Waals surface area contributed by atoms with E-state index in [1.54, 1.807) is 37.3 Å². The largest absolute Gasteiger partial charge is 0.345 e. The predicted octanol–water partition coefficient (Wildman–Crippen LogP) is 2.54. The number of carbonyl (C=O) groups excluding carboxylic acids is 1. The zero-order chi connectivity index (χ0) is 15.6. The summed E-state index contributed by atoms with van der Waals surface area (Å²) in [6.07, 6.45) is 0. The summed E-state index contributed by atoms with van der Waals surface area (Å²) >= 11 is 6.99. The second kappa shape index (κ2) is 6.15. The van der Waals surface area contributed by atoms with Crippen molar-refractivity contribution in [3.63, 3.8) is 0 Å². The smallest absolute Gasteiger partial charge is 0.253 e. The summed E-state index contributed by atoms with van der Waals surface area (Å²) in [6, 6.07) is 9.40. The van der Waals surface area contributed by atoms with Gasteiger partial charge in [0.2, 0.25) is 10.0 Å². The van der Waals surface area contributed by atoms with Gasteiger partial charge in [0.15, 0.2) is 0 Å². The summed E-state index contributed by atoms with van der Waals surface area (Å²) in [5.74, 6) is -0.321. The Hall–Kier alpha value is -1.41. The van der Waals surface area contributed by atoms with Gasteiger partial charge in [0.1, 0.15) is 4.21 Å². The van der Waals surface area contributed by atoms with Crippen LogP contribution in [-0.2, 0) is 10.0 Å². The molecule has 0 bridgehead atoms.